The molecule has 6 nitrogen and oxygen atoms in total. The average Bonchev–Trinajstić information content (AvgIpc) is 3.55. The normalized spacial score (nSPS) is 25.0. The van der Waals surface area contributed by atoms with E-state index in [-0.39, 0.29) is 41.4 Å². The van der Waals surface area contributed by atoms with Crippen molar-refractivity contribution < 1.29 is 24.4 Å². The fraction of sp³-hybridized carbons (Fsp3) is 0.394. The second-order valence-electron chi connectivity index (χ2n) is 12.0. The number of phenols is 1. The molecule has 2 fully saturated rings. The van der Waals surface area contributed by atoms with Crippen LogP contribution in [0.15, 0.2) is 70.6 Å². The van der Waals surface area contributed by atoms with Gasteiger partial charge in [0.1, 0.15) is 5.75 Å². The summed E-state index contributed by atoms with van der Waals surface area (Å²) in [4.78, 5) is 29.8. The molecule has 2 amide bonds. The summed E-state index contributed by atoms with van der Waals surface area (Å²) in [6.07, 6.45) is 4.17. The highest BCUT2D eigenvalue weighted by molar-refractivity contribution is 7.09. The Bertz CT molecular complexity index is 1540. The van der Waals surface area contributed by atoms with Gasteiger partial charge in [0, 0.05) is 10.3 Å². The van der Waals surface area contributed by atoms with Crippen LogP contribution in [0.3, 0.4) is 0 Å². The lowest BCUT2D eigenvalue weighted by Crippen LogP contribution is -2.46. The van der Waals surface area contributed by atoms with E-state index >= 15 is 0 Å². The van der Waals surface area contributed by atoms with Gasteiger partial charge in [0.25, 0.3) is 0 Å². The Kier molecular flexibility index (Phi) is 7.66. The number of phenolic OH excluding ortho intramolecular Hbond substituents is 1. The molecule has 0 radical (unpaired) electrons. The summed E-state index contributed by atoms with van der Waals surface area (Å²) in [5, 5.41) is 24.9. The lowest BCUT2D eigenvalue weighted by atomic mass is 9.57. The molecule has 1 aliphatic carbocycles. The number of amides is 2. The molecule has 2 aromatic carbocycles. The highest BCUT2D eigenvalue weighted by Crippen LogP contribution is 2.52. The zero-order valence-electron chi connectivity index (χ0n) is 23.7. The van der Waals surface area contributed by atoms with Crippen molar-refractivity contribution in [2.24, 2.45) is 23.7 Å². The topological polar surface area (TPSA) is 87.1 Å². The van der Waals surface area contributed by atoms with Crippen LogP contribution in [0, 0.1) is 23.7 Å². The SMILES string of the molecule is C/C(=C\c1ccc(O)c2ccccc12)CC[C@H]1OB(O)C[C@H]2C1=C(C(C)C)C[C@H]1C(=O)N(Cc3cccs3)C(=O)[C@H]12. The van der Waals surface area contributed by atoms with Gasteiger partial charge >= 0.3 is 7.12 Å². The number of imide groups is 1. The first kappa shape index (κ1) is 27.9. The molecule has 0 bridgehead atoms. The van der Waals surface area contributed by atoms with Crippen LogP contribution in [0.2, 0.25) is 6.32 Å². The van der Waals surface area contributed by atoms with Crippen molar-refractivity contribution in [2.75, 3.05) is 0 Å². The molecule has 0 unspecified atom stereocenters. The lowest BCUT2D eigenvalue weighted by Gasteiger charge is -2.44. The number of carbonyl (C=O) groups is 2. The number of fused-ring (bicyclic) bond motifs is 4. The molecule has 6 rings (SSSR count). The van der Waals surface area contributed by atoms with Crippen LogP contribution in [0.5, 0.6) is 5.75 Å². The van der Waals surface area contributed by atoms with E-state index < -0.39 is 13.0 Å². The zero-order valence-corrected chi connectivity index (χ0v) is 24.6. The van der Waals surface area contributed by atoms with Crippen LogP contribution >= 0.6 is 11.3 Å². The highest BCUT2D eigenvalue weighted by atomic mass is 32.1. The average molecular weight is 570 g/mol. The molecule has 2 aliphatic heterocycles. The van der Waals surface area contributed by atoms with E-state index in [1.54, 1.807) is 17.4 Å². The van der Waals surface area contributed by atoms with Crippen molar-refractivity contribution in [3.63, 3.8) is 0 Å². The molecule has 3 aliphatic rings. The summed E-state index contributed by atoms with van der Waals surface area (Å²) in [5.41, 5.74) is 4.55. The van der Waals surface area contributed by atoms with Gasteiger partial charge in [0.05, 0.1) is 24.5 Å². The highest BCUT2D eigenvalue weighted by Gasteiger charge is 2.57. The number of aromatic hydroxyl groups is 1. The molecule has 2 N–H and O–H groups in total. The second kappa shape index (κ2) is 11.2. The van der Waals surface area contributed by atoms with Crippen molar-refractivity contribution in [2.45, 2.75) is 59.0 Å². The maximum absolute atomic E-state index is 13.8. The Morgan fingerprint density at radius 3 is 2.61 bits per heavy atom. The fourth-order valence-corrected chi connectivity index (χ4v) is 7.85. The summed E-state index contributed by atoms with van der Waals surface area (Å²) < 4.78 is 6.17. The third-order valence-corrected chi connectivity index (χ3v) is 9.92. The Morgan fingerprint density at radius 2 is 1.88 bits per heavy atom. The minimum atomic E-state index is -0.972. The fourth-order valence-electron chi connectivity index (χ4n) is 7.16. The molecule has 8 heteroatoms. The summed E-state index contributed by atoms with van der Waals surface area (Å²) in [5.74, 6) is -0.724. The van der Waals surface area contributed by atoms with Crippen LogP contribution < -0.4 is 0 Å². The molecule has 0 spiro atoms. The Labute approximate surface area is 245 Å². The number of hydrogen-bond acceptors (Lipinski definition) is 6. The molecule has 2 saturated heterocycles. The van der Waals surface area contributed by atoms with Crippen molar-refractivity contribution >= 4 is 47.1 Å². The predicted octanol–water partition coefficient (Wildman–Crippen LogP) is 6.44. The molecule has 0 saturated carbocycles. The number of likely N-dealkylation sites (tertiary alicyclic amines) is 1. The number of carbonyl (C=O) groups excluding carboxylic acids is 2. The lowest BCUT2D eigenvalue weighted by molar-refractivity contribution is -0.140. The van der Waals surface area contributed by atoms with Gasteiger partial charge in [-0.2, -0.15) is 0 Å². The number of allylic oxidation sites excluding steroid dienone is 2. The van der Waals surface area contributed by atoms with Gasteiger partial charge in [-0.1, -0.05) is 67.5 Å². The van der Waals surface area contributed by atoms with Gasteiger partial charge in [-0.05, 0) is 78.4 Å². The molecule has 41 heavy (non-hydrogen) atoms. The van der Waals surface area contributed by atoms with E-state index in [0.29, 0.717) is 25.7 Å². The molecular weight excluding hydrogens is 533 g/mol. The van der Waals surface area contributed by atoms with E-state index in [4.69, 9.17) is 4.65 Å². The number of benzene rings is 2. The first-order chi connectivity index (χ1) is 19.7. The van der Waals surface area contributed by atoms with E-state index in [1.807, 2.05) is 47.8 Å². The van der Waals surface area contributed by atoms with Crippen molar-refractivity contribution in [3.8, 4) is 5.75 Å². The van der Waals surface area contributed by atoms with Gasteiger partial charge < -0.3 is 14.8 Å². The first-order valence-electron chi connectivity index (χ1n) is 14.5. The van der Waals surface area contributed by atoms with Crippen molar-refractivity contribution in [1.29, 1.82) is 0 Å². The van der Waals surface area contributed by atoms with Gasteiger partial charge in [-0.3, -0.25) is 14.5 Å². The van der Waals surface area contributed by atoms with Gasteiger partial charge in [0.2, 0.25) is 11.8 Å². The Hall–Kier alpha value is -3.20. The summed E-state index contributed by atoms with van der Waals surface area (Å²) in [6.45, 7) is 6.70. The van der Waals surface area contributed by atoms with Crippen molar-refractivity contribution in [3.05, 3.63) is 81.1 Å². The van der Waals surface area contributed by atoms with Crippen LogP contribution in [-0.4, -0.2) is 40.1 Å². The molecule has 3 heterocycles. The van der Waals surface area contributed by atoms with Gasteiger partial charge in [-0.15, -0.1) is 11.3 Å². The van der Waals surface area contributed by atoms with Gasteiger partial charge in [-0.25, -0.2) is 0 Å². The number of rotatable bonds is 7. The third-order valence-electron chi connectivity index (χ3n) is 9.06. The second-order valence-corrected chi connectivity index (χ2v) is 13.0. The minimum Gasteiger partial charge on any atom is -0.507 e. The molecule has 212 valence electrons. The molecular formula is C33H36BNO5S. The molecule has 4 atom stereocenters. The van der Waals surface area contributed by atoms with E-state index in [0.717, 1.165) is 38.8 Å². The summed E-state index contributed by atoms with van der Waals surface area (Å²) >= 11 is 1.55. The van der Waals surface area contributed by atoms with E-state index in [9.17, 15) is 19.7 Å². The Balaban J connectivity index is 1.27. The van der Waals surface area contributed by atoms with E-state index in [2.05, 4.69) is 26.8 Å². The number of hydrogen-bond donors (Lipinski definition) is 2. The number of thiophene rings is 1. The standard InChI is InChI=1S/C33H36BNO5S/c1-19(2)25-16-26-31(33(38)35(32(26)37)18-22-7-6-14-41-22)27-17-34(39)40-29(30(25)27)13-10-20(3)15-21-11-12-28(36)24-9-5-4-8-23(21)24/h4-9,11-12,14-15,19,26-27,29,31,36,39H,10,13,16-18H2,1-3H3/b20-15+/t26-,27+,29-,31-/m1/s1. The maximum Gasteiger partial charge on any atom is 0.455 e. The molecule has 3 aromatic rings. The smallest absolute Gasteiger partial charge is 0.455 e. The van der Waals surface area contributed by atoms with Crippen LogP contribution in [-0.2, 0) is 20.8 Å². The van der Waals surface area contributed by atoms with Gasteiger partial charge in [0.15, 0.2) is 0 Å². The largest absolute Gasteiger partial charge is 0.507 e. The summed E-state index contributed by atoms with van der Waals surface area (Å²) in [7, 11) is -0.972. The van der Waals surface area contributed by atoms with Crippen LogP contribution in [0.1, 0.15) is 50.5 Å². The molecule has 1 aromatic heterocycles. The Morgan fingerprint density at radius 1 is 1.10 bits per heavy atom. The predicted molar refractivity (Wildman–Crippen MR) is 163 cm³/mol. The van der Waals surface area contributed by atoms with Crippen molar-refractivity contribution in [1.82, 2.24) is 4.90 Å². The monoisotopic (exact) mass is 569 g/mol. The maximum atomic E-state index is 13.8. The quantitative estimate of drug-likeness (QED) is 0.194. The van der Waals surface area contributed by atoms with Crippen LogP contribution in [0.25, 0.3) is 16.8 Å². The van der Waals surface area contributed by atoms with E-state index in [1.165, 1.54) is 10.5 Å². The summed E-state index contributed by atoms with van der Waals surface area (Å²) in [6, 6.07) is 15.4. The number of nitrogens with zero attached hydrogens (tertiary/aromatic N) is 1. The third kappa shape index (κ3) is 5.18. The minimum absolute atomic E-state index is 0.0805. The van der Waals surface area contributed by atoms with Crippen LogP contribution in [0.4, 0.5) is 0 Å². The first-order valence-corrected chi connectivity index (χ1v) is 15.4. The zero-order chi connectivity index (χ0) is 28.8.